The molecular weight excluding hydrogens is 262 g/mol. The van der Waals surface area contributed by atoms with Gasteiger partial charge >= 0.3 is 0 Å². The van der Waals surface area contributed by atoms with Gasteiger partial charge in [0.05, 0.1) is 6.54 Å². The van der Waals surface area contributed by atoms with Gasteiger partial charge in [-0.05, 0) is 18.9 Å². The molecule has 0 aromatic heterocycles. The summed E-state index contributed by atoms with van der Waals surface area (Å²) in [7, 11) is 0. The number of carbonyl (C=O) groups is 2. The van der Waals surface area contributed by atoms with Crippen LogP contribution in [0, 0.1) is 6.92 Å². The van der Waals surface area contributed by atoms with Gasteiger partial charge in [0.15, 0.2) is 5.78 Å². The molecule has 2 aromatic rings. The molecule has 0 aliphatic carbocycles. The topological polar surface area (TPSA) is 46.2 Å². The number of hydrogen-bond acceptors (Lipinski definition) is 2. The Kier molecular flexibility index (Phi) is 5.27. The first kappa shape index (κ1) is 15.0. The zero-order valence-electron chi connectivity index (χ0n) is 12.1. The van der Waals surface area contributed by atoms with E-state index in [0.717, 1.165) is 5.56 Å². The summed E-state index contributed by atoms with van der Waals surface area (Å²) in [5.74, 6) is -0.166. The number of rotatable bonds is 6. The normalized spacial score (nSPS) is 10.1. The highest BCUT2D eigenvalue weighted by Crippen LogP contribution is 2.06. The van der Waals surface area contributed by atoms with E-state index in [1.54, 1.807) is 12.1 Å². The third-order valence-electron chi connectivity index (χ3n) is 3.27. The zero-order valence-corrected chi connectivity index (χ0v) is 12.1. The molecule has 0 saturated carbocycles. The summed E-state index contributed by atoms with van der Waals surface area (Å²) in [4.78, 5) is 23.6. The molecule has 0 fully saturated rings. The summed E-state index contributed by atoms with van der Waals surface area (Å²) < 4.78 is 0. The molecule has 0 aliphatic rings. The van der Waals surface area contributed by atoms with Crippen LogP contribution in [0.15, 0.2) is 54.6 Å². The number of ketones is 1. The summed E-state index contributed by atoms with van der Waals surface area (Å²) in [5, 5.41) is 2.68. The van der Waals surface area contributed by atoms with Gasteiger partial charge in [-0.15, -0.1) is 0 Å². The molecule has 0 saturated heterocycles. The first-order valence-electron chi connectivity index (χ1n) is 7.05. The zero-order chi connectivity index (χ0) is 15.1. The Morgan fingerprint density at radius 1 is 1.00 bits per heavy atom. The minimum absolute atomic E-state index is 0.0522. The minimum Gasteiger partial charge on any atom is -0.349 e. The van der Waals surface area contributed by atoms with Crippen molar-refractivity contribution in [2.75, 3.05) is 6.54 Å². The Hall–Kier alpha value is -2.42. The van der Waals surface area contributed by atoms with Crippen LogP contribution in [0.1, 0.15) is 27.9 Å². The van der Waals surface area contributed by atoms with E-state index >= 15 is 0 Å². The van der Waals surface area contributed by atoms with E-state index in [0.29, 0.717) is 18.4 Å². The lowest BCUT2D eigenvalue weighted by atomic mass is 10.1. The third kappa shape index (κ3) is 4.88. The van der Waals surface area contributed by atoms with Crippen LogP contribution in [0.5, 0.6) is 0 Å². The van der Waals surface area contributed by atoms with Gasteiger partial charge in [-0.25, -0.2) is 0 Å². The number of hydrogen-bond donors (Lipinski definition) is 1. The fourth-order valence-electron chi connectivity index (χ4n) is 2.12. The van der Waals surface area contributed by atoms with Gasteiger partial charge in [0.2, 0.25) is 5.91 Å². The van der Waals surface area contributed by atoms with Gasteiger partial charge in [0.1, 0.15) is 0 Å². The van der Waals surface area contributed by atoms with Gasteiger partial charge < -0.3 is 5.32 Å². The summed E-state index contributed by atoms with van der Waals surface area (Å²) in [5.41, 5.74) is 2.95. The van der Waals surface area contributed by atoms with Gasteiger partial charge in [-0.3, -0.25) is 9.59 Å². The minimum atomic E-state index is -0.0965. The molecule has 3 nitrogen and oxygen atoms in total. The van der Waals surface area contributed by atoms with Gasteiger partial charge in [-0.2, -0.15) is 0 Å². The van der Waals surface area contributed by atoms with Crippen molar-refractivity contribution >= 4 is 11.7 Å². The number of amides is 1. The fraction of sp³-hybridized carbons (Fsp3) is 0.222. The average Bonchev–Trinajstić information content (AvgIpc) is 2.51. The Morgan fingerprint density at radius 2 is 1.76 bits per heavy atom. The van der Waals surface area contributed by atoms with Crippen LogP contribution in [0.4, 0.5) is 0 Å². The van der Waals surface area contributed by atoms with Crippen molar-refractivity contribution in [3.05, 3.63) is 71.3 Å². The third-order valence-corrected chi connectivity index (χ3v) is 3.27. The molecule has 1 amide bonds. The van der Waals surface area contributed by atoms with Crippen LogP contribution in [-0.4, -0.2) is 18.2 Å². The van der Waals surface area contributed by atoms with E-state index in [2.05, 4.69) is 11.4 Å². The van der Waals surface area contributed by atoms with Crippen molar-refractivity contribution < 1.29 is 9.59 Å². The largest absolute Gasteiger partial charge is 0.349 e. The molecule has 2 aromatic carbocycles. The van der Waals surface area contributed by atoms with Crippen molar-refractivity contribution in [2.45, 2.75) is 19.8 Å². The average molecular weight is 281 g/mol. The quantitative estimate of drug-likeness (QED) is 0.827. The number of aryl methyl sites for hydroxylation is 2. The van der Waals surface area contributed by atoms with E-state index < -0.39 is 0 Å². The molecule has 0 radical (unpaired) electrons. The van der Waals surface area contributed by atoms with Crippen LogP contribution < -0.4 is 5.32 Å². The first-order chi connectivity index (χ1) is 10.1. The highest BCUT2D eigenvalue weighted by molar-refractivity contribution is 5.99. The van der Waals surface area contributed by atoms with Crippen molar-refractivity contribution in [3.8, 4) is 0 Å². The second kappa shape index (κ2) is 7.39. The lowest BCUT2D eigenvalue weighted by Gasteiger charge is -2.05. The maximum atomic E-state index is 11.9. The number of nitrogens with one attached hydrogen (secondary N) is 1. The molecule has 0 spiro atoms. The first-order valence-corrected chi connectivity index (χ1v) is 7.05. The van der Waals surface area contributed by atoms with Gasteiger partial charge in [0.25, 0.3) is 0 Å². The SMILES string of the molecule is Cc1cccc(CCC(=O)NCC(=O)c2ccccc2)c1. The van der Waals surface area contributed by atoms with Gasteiger partial charge in [0, 0.05) is 12.0 Å². The fourth-order valence-corrected chi connectivity index (χ4v) is 2.12. The Labute approximate surface area is 125 Å². The standard InChI is InChI=1S/C18H19NO2/c1-14-6-5-7-15(12-14)10-11-18(21)19-13-17(20)16-8-3-2-4-9-16/h2-9,12H,10-11,13H2,1H3,(H,19,21). The van der Waals surface area contributed by atoms with Crippen molar-refractivity contribution in [2.24, 2.45) is 0 Å². The predicted octanol–water partition coefficient (Wildman–Crippen LogP) is 2.93. The molecule has 0 heterocycles. The Balaban J connectivity index is 1.76. The molecule has 2 rings (SSSR count). The van der Waals surface area contributed by atoms with Crippen LogP contribution in [0.3, 0.4) is 0 Å². The lowest BCUT2D eigenvalue weighted by molar-refractivity contribution is -0.120. The van der Waals surface area contributed by atoms with Gasteiger partial charge in [-0.1, -0.05) is 60.2 Å². The molecule has 0 aliphatic heterocycles. The highest BCUT2D eigenvalue weighted by atomic mass is 16.2. The molecule has 0 bridgehead atoms. The summed E-state index contributed by atoms with van der Waals surface area (Å²) >= 11 is 0. The Morgan fingerprint density at radius 3 is 2.48 bits per heavy atom. The van der Waals surface area contributed by atoms with Crippen molar-refractivity contribution in [1.29, 1.82) is 0 Å². The molecule has 108 valence electrons. The molecule has 0 atom stereocenters. The Bertz CT molecular complexity index is 620. The van der Waals surface area contributed by atoms with E-state index in [9.17, 15) is 9.59 Å². The maximum Gasteiger partial charge on any atom is 0.220 e. The predicted molar refractivity (Wildman–Crippen MR) is 83.3 cm³/mol. The van der Waals surface area contributed by atoms with E-state index in [1.165, 1.54) is 5.56 Å². The lowest BCUT2D eigenvalue weighted by Crippen LogP contribution is -2.29. The van der Waals surface area contributed by atoms with Crippen LogP contribution in [-0.2, 0) is 11.2 Å². The van der Waals surface area contributed by atoms with E-state index in [4.69, 9.17) is 0 Å². The second-order valence-electron chi connectivity index (χ2n) is 5.05. The second-order valence-corrected chi connectivity index (χ2v) is 5.05. The van der Waals surface area contributed by atoms with Crippen molar-refractivity contribution in [1.82, 2.24) is 5.32 Å². The van der Waals surface area contributed by atoms with Crippen LogP contribution >= 0.6 is 0 Å². The summed E-state index contributed by atoms with van der Waals surface area (Å²) in [6.45, 7) is 2.08. The van der Waals surface area contributed by atoms with E-state index in [-0.39, 0.29) is 18.2 Å². The molecular formula is C18H19NO2. The highest BCUT2D eigenvalue weighted by Gasteiger charge is 2.07. The smallest absolute Gasteiger partial charge is 0.220 e. The number of carbonyl (C=O) groups excluding carboxylic acids is 2. The van der Waals surface area contributed by atoms with Crippen molar-refractivity contribution in [3.63, 3.8) is 0 Å². The number of benzene rings is 2. The summed E-state index contributed by atoms with van der Waals surface area (Å²) in [6, 6.07) is 17.1. The van der Waals surface area contributed by atoms with E-state index in [1.807, 2.05) is 43.3 Å². The number of Topliss-reactive ketones (excluding diaryl/α,β-unsaturated/α-hetero) is 1. The molecule has 1 N–H and O–H groups in total. The summed E-state index contributed by atoms with van der Waals surface area (Å²) in [6.07, 6.45) is 1.08. The maximum absolute atomic E-state index is 11.9. The van der Waals surface area contributed by atoms with Crippen LogP contribution in [0.2, 0.25) is 0 Å². The molecule has 3 heteroatoms. The monoisotopic (exact) mass is 281 g/mol. The molecule has 0 unspecified atom stereocenters. The molecule has 21 heavy (non-hydrogen) atoms. The van der Waals surface area contributed by atoms with Crippen LogP contribution in [0.25, 0.3) is 0 Å².